The molecule has 0 unspecified atom stereocenters. The van der Waals surface area contributed by atoms with Gasteiger partial charge in [0.1, 0.15) is 0 Å². The molecule has 5 nitrogen and oxygen atoms in total. The molecule has 19 heavy (non-hydrogen) atoms. The molecule has 1 aliphatic carbocycles. The third-order valence-electron chi connectivity index (χ3n) is 3.64. The highest BCUT2D eigenvalue weighted by Crippen LogP contribution is 2.27. The van der Waals surface area contributed by atoms with Crippen LogP contribution in [0.2, 0.25) is 0 Å². The number of rotatable bonds is 4. The zero-order valence-corrected chi connectivity index (χ0v) is 11.3. The summed E-state index contributed by atoms with van der Waals surface area (Å²) in [4.78, 5) is 10.6. The van der Waals surface area contributed by atoms with E-state index in [-0.39, 0.29) is 10.6 Å². The molecular weight excluding hydrogens is 242 g/mol. The van der Waals surface area contributed by atoms with Crippen molar-refractivity contribution in [2.45, 2.75) is 44.6 Å². The summed E-state index contributed by atoms with van der Waals surface area (Å²) < 4.78 is 0. The lowest BCUT2D eigenvalue weighted by molar-refractivity contribution is -0.384. The Hall–Kier alpha value is -1.78. The molecule has 0 amide bonds. The van der Waals surface area contributed by atoms with Gasteiger partial charge in [0.15, 0.2) is 0 Å². The van der Waals surface area contributed by atoms with Crippen molar-refractivity contribution in [3.8, 4) is 0 Å². The Kier molecular flexibility index (Phi) is 4.60. The number of hydrogen-bond acceptors (Lipinski definition) is 4. The van der Waals surface area contributed by atoms with Crippen molar-refractivity contribution >= 4 is 17.1 Å². The van der Waals surface area contributed by atoms with Gasteiger partial charge in [-0.25, -0.2) is 0 Å². The van der Waals surface area contributed by atoms with E-state index in [2.05, 4.69) is 10.6 Å². The molecule has 0 atom stereocenters. The highest BCUT2D eigenvalue weighted by Gasteiger charge is 2.14. The molecule has 0 radical (unpaired) electrons. The third kappa shape index (κ3) is 3.84. The smallest absolute Gasteiger partial charge is 0.273 e. The normalized spacial score (nSPS) is 16.7. The Bertz CT molecular complexity index is 440. The molecule has 1 aliphatic rings. The molecule has 0 aromatic heterocycles. The van der Waals surface area contributed by atoms with Gasteiger partial charge in [-0.2, -0.15) is 0 Å². The lowest BCUT2D eigenvalue weighted by atomic mass is 10.1. The van der Waals surface area contributed by atoms with E-state index in [0.717, 1.165) is 24.2 Å². The molecule has 104 valence electrons. The first-order valence-electron chi connectivity index (χ1n) is 6.93. The van der Waals surface area contributed by atoms with E-state index in [0.29, 0.717) is 6.04 Å². The lowest BCUT2D eigenvalue weighted by Crippen LogP contribution is -2.18. The fourth-order valence-corrected chi connectivity index (χ4v) is 2.60. The maximum Gasteiger partial charge on any atom is 0.273 e. The average Bonchev–Trinajstić information content (AvgIpc) is 2.67. The van der Waals surface area contributed by atoms with Crippen LogP contribution >= 0.6 is 0 Å². The van der Waals surface area contributed by atoms with Crippen LogP contribution in [0.3, 0.4) is 0 Å². The zero-order valence-electron chi connectivity index (χ0n) is 11.3. The van der Waals surface area contributed by atoms with Crippen LogP contribution in [0.15, 0.2) is 18.2 Å². The summed E-state index contributed by atoms with van der Waals surface area (Å²) in [7, 11) is 1.77. The van der Waals surface area contributed by atoms with Crippen LogP contribution in [0.1, 0.15) is 38.5 Å². The van der Waals surface area contributed by atoms with E-state index in [1.54, 1.807) is 19.2 Å². The van der Waals surface area contributed by atoms with Gasteiger partial charge < -0.3 is 10.6 Å². The van der Waals surface area contributed by atoms with Gasteiger partial charge in [0.2, 0.25) is 0 Å². The fourth-order valence-electron chi connectivity index (χ4n) is 2.60. The number of non-ortho nitro benzene ring substituents is 1. The number of benzene rings is 1. The molecule has 1 aromatic rings. The molecule has 0 bridgehead atoms. The predicted molar refractivity (Wildman–Crippen MR) is 77.8 cm³/mol. The number of nitro benzene ring substituents is 1. The van der Waals surface area contributed by atoms with Crippen molar-refractivity contribution in [2.75, 3.05) is 17.7 Å². The minimum Gasteiger partial charge on any atom is -0.388 e. The maximum atomic E-state index is 10.9. The Morgan fingerprint density at radius 2 is 1.74 bits per heavy atom. The van der Waals surface area contributed by atoms with Crippen LogP contribution in [0.4, 0.5) is 17.1 Å². The molecule has 1 aromatic carbocycles. The number of nitrogens with zero attached hydrogens (tertiary/aromatic N) is 1. The number of nitrogens with one attached hydrogen (secondary N) is 2. The minimum atomic E-state index is -0.348. The summed E-state index contributed by atoms with van der Waals surface area (Å²) in [6, 6.07) is 5.54. The first kappa shape index (κ1) is 13.6. The van der Waals surface area contributed by atoms with Gasteiger partial charge in [-0.15, -0.1) is 0 Å². The zero-order chi connectivity index (χ0) is 13.7. The maximum absolute atomic E-state index is 10.9. The summed E-state index contributed by atoms with van der Waals surface area (Å²) in [5.74, 6) is 0. The number of hydrogen-bond donors (Lipinski definition) is 2. The molecule has 1 fully saturated rings. The second-order valence-electron chi connectivity index (χ2n) is 5.11. The molecule has 2 N–H and O–H groups in total. The van der Waals surface area contributed by atoms with Crippen LogP contribution in [-0.4, -0.2) is 18.0 Å². The molecule has 0 heterocycles. The highest BCUT2D eigenvalue weighted by molar-refractivity contribution is 5.63. The molecule has 0 aliphatic heterocycles. The van der Waals surface area contributed by atoms with Crippen molar-refractivity contribution in [1.29, 1.82) is 0 Å². The first-order valence-corrected chi connectivity index (χ1v) is 6.93. The van der Waals surface area contributed by atoms with Crippen molar-refractivity contribution in [2.24, 2.45) is 0 Å². The van der Waals surface area contributed by atoms with Crippen molar-refractivity contribution < 1.29 is 4.92 Å². The van der Waals surface area contributed by atoms with Crippen molar-refractivity contribution in [3.05, 3.63) is 28.3 Å². The van der Waals surface area contributed by atoms with E-state index in [1.165, 1.54) is 25.7 Å². The summed E-state index contributed by atoms with van der Waals surface area (Å²) in [6.45, 7) is 0. The van der Waals surface area contributed by atoms with Crippen molar-refractivity contribution in [3.63, 3.8) is 0 Å². The number of nitro groups is 1. The van der Waals surface area contributed by atoms with Gasteiger partial charge in [0.05, 0.1) is 4.92 Å². The Balaban J connectivity index is 2.13. The quantitative estimate of drug-likeness (QED) is 0.493. The second kappa shape index (κ2) is 6.41. The first-order chi connectivity index (χ1) is 9.19. The second-order valence-corrected chi connectivity index (χ2v) is 5.11. The van der Waals surface area contributed by atoms with Crippen LogP contribution in [-0.2, 0) is 0 Å². The lowest BCUT2D eigenvalue weighted by Gasteiger charge is -2.18. The van der Waals surface area contributed by atoms with E-state index in [4.69, 9.17) is 0 Å². The molecule has 1 saturated carbocycles. The van der Waals surface area contributed by atoms with Gasteiger partial charge in [0, 0.05) is 36.6 Å². The van der Waals surface area contributed by atoms with Gasteiger partial charge in [-0.3, -0.25) is 10.1 Å². The van der Waals surface area contributed by atoms with Crippen LogP contribution in [0.25, 0.3) is 0 Å². The largest absolute Gasteiger partial charge is 0.388 e. The molecule has 0 saturated heterocycles. The van der Waals surface area contributed by atoms with Crippen molar-refractivity contribution in [1.82, 2.24) is 0 Å². The van der Waals surface area contributed by atoms with E-state index < -0.39 is 0 Å². The topological polar surface area (TPSA) is 67.2 Å². The highest BCUT2D eigenvalue weighted by atomic mass is 16.6. The minimum absolute atomic E-state index is 0.128. The Morgan fingerprint density at radius 1 is 1.11 bits per heavy atom. The van der Waals surface area contributed by atoms with E-state index >= 15 is 0 Å². The predicted octanol–water partition coefficient (Wildman–Crippen LogP) is 3.77. The average molecular weight is 263 g/mol. The van der Waals surface area contributed by atoms with Crippen LogP contribution in [0, 0.1) is 10.1 Å². The monoisotopic (exact) mass is 263 g/mol. The SMILES string of the molecule is CNc1cc(NC2CCCCCC2)cc([N+](=O)[O-])c1. The summed E-state index contributed by atoms with van der Waals surface area (Å²) in [5.41, 5.74) is 1.73. The van der Waals surface area contributed by atoms with Crippen LogP contribution in [0.5, 0.6) is 0 Å². The summed E-state index contributed by atoms with van der Waals surface area (Å²) >= 11 is 0. The van der Waals surface area contributed by atoms with E-state index in [1.807, 2.05) is 6.07 Å². The van der Waals surface area contributed by atoms with Gasteiger partial charge in [0.25, 0.3) is 5.69 Å². The third-order valence-corrected chi connectivity index (χ3v) is 3.64. The van der Waals surface area contributed by atoms with Gasteiger partial charge in [-0.05, 0) is 18.9 Å². The fraction of sp³-hybridized carbons (Fsp3) is 0.571. The molecule has 0 spiro atoms. The van der Waals surface area contributed by atoms with E-state index in [9.17, 15) is 10.1 Å². The van der Waals surface area contributed by atoms with Gasteiger partial charge >= 0.3 is 0 Å². The number of anilines is 2. The molecular formula is C14H21N3O2. The Morgan fingerprint density at radius 3 is 2.32 bits per heavy atom. The molecule has 5 heteroatoms. The van der Waals surface area contributed by atoms with Gasteiger partial charge in [-0.1, -0.05) is 25.7 Å². The van der Waals surface area contributed by atoms with Crippen LogP contribution < -0.4 is 10.6 Å². The summed E-state index contributed by atoms with van der Waals surface area (Å²) in [6.07, 6.45) is 7.38. The standard InChI is InChI=1S/C14H21N3O2/c1-15-12-8-13(10-14(9-12)17(18)19)16-11-6-4-2-3-5-7-11/h8-11,15-16H,2-7H2,1H3. The Labute approximate surface area is 113 Å². The molecule has 2 rings (SSSR count). The summed E-state index contributed by atoms with van der Waals surface area (Å²) in [5, 5.41) is 17.3.